The summed E-state index contributed by atoms with van der Waals surface area (Å²) in [6, 6.07) is 16.3. The van der Waals surface area contributed by atoms with E-state index in [0.29, 0.717) is 5.56 Å². The molecule has 2 amide bonds. The van der Waals surface area contributed by atoms with Gasteiger partial charge in [0.25, 0.3) is 5.91 Å². The van der Waals surface area contributed by atoms with Gasteiger partial charge < -0.3 is 10.6 Å². The Balaban J connectivity index is 1.77. The third-order valence-electron chi connectivity index (χ3n) is 4.69. The van der Waals surface area contributed by atoms with Crippen LogP contribution in [-0.2, 0) is 4.79 Å². The third-order valence-corrected chi connectivity index (χ3v) is 4.69. The molecule has 1 saturated carbocycles. The molecule has 0 radical (unpaired) electrons. The monoisotopic (exact) mass is 336 g/mol. The molecule has 4 heteroatoms. The first-order valence-electron chi connectivity index (χ1n) is 8.86. The summed E-state index contributed by atoms with van der Waals surface area (Å²) in [5, 5.41) is 5.98. The fourth-order valence-corrected chi connectivity index (χ4v) is 3.22. The zero-order valence-corrected chi connectivity index (χ0v) is 14.5. The molecular formula is C21H24N2O2. The Kier molecular flexibility index (Phi) is 5.49. The van der Waals surface area contributed by atoms with Crippen molar-refractivity contribution in [3.63, 3.8) is 0 Å². The minimum absolute atomic E-state index is 0.140. The van der Waals surface area contributed by atoms with Crippen molar-refractivity contribution in [2.24, 2.45) is 0 Å². The second-order valence-corrected chi connectivity index (χ2v) is 6.67. The van der Waals surface area contributed by atoms with Gasteiger partial charge in [-0.15, -0.1) is 0 Å². The summed E-state index contributed by atoms with van der Waals surface area (Å²) in [6.45, 7) is 1.98. The van der Waals surface area contributed by atoms with Gasteiger partial charge in [-0.25, -0.2) is 0 Å². The lowest BCUT2D eigenvalue weighted by molar-refractivity contribution is -0.123. The highest BCUT2D eigenvalue weighted by molar-refractivity contribution is 5.97. The molecule has 0 aliphatic heterocycles. The number of hydrogen-bond acceptors (Lipinski definition) is 2. The molecule has 2 aromatic carbocycles. The highest BCUT2D eigenvalue weighted by Gasteiger charge is 2.26. The molecule has 1 aliphatic carbocycles. The summed E-state index contributed by atoms with van der Waals surface area (Å²) in [7, 11) is 0. The van der Waals surface area contributed by atoms with Gasteiger partial charge in [-0.1, -0.05) is 60.9 Å². The molecule has 3 rings (SSSR count). The van der Waals surface area contributed by atoms with E-state index in [4.69, 9.17) is 0 Å². The zero-order chi connectivity index (χ0) is 17.6. The molecule has 0 saturated heterocycles. The van der Waals surface area contributed by atoms with Crippen LogP contribution in [0.25, 0.3) is 0 Å². The molecule has 0 aromatic heterocycles. The maximum atomic E-state index is 12.8. The van der Waals surface area contributed by atoms with Crippen LogP contribution < -0.4 is 10.6 Å². The van der Waals surface area contributed by atoms with E-state index in [2.05, 4.69) is 10.6 Å². The molecule has 0 heterocycles. The maximum Gasteiger partial charge on any atom is 0.252 e. The topological polar surface area (TPSA) is 58.2 Å². The molecule has 25 heavy (non-hydrogen) atoms. The van der Waals surface area contributed by atoms with E-state index in [-0.39, 0.29) is 17.9 Å². The van der Waals surface area contributed by atoms with E-state index in [1.807, 2.05) is 49.4 Å². The third kappa shape index (κ3) is 4.47. The van der Waals surface area contributed by atoms with Crippen LogP contribution in [0.3, 0.4) is 0 Å². The molecule has 2 N–H and O–H groups in total. The maximum absolute atomic E-state index is 12.8. The van der Waals surface area contributed by atoms with Crippen molar-refractivity contribution >= 4 is 11.8 Å². The fourth-order valence-electron chi connectivity index (χ4n) is 3.22. The van der Waals surface area contributed by atoms with Crippen LogP contribution in [0, 0.1) is 6.92 Å². The molecule has 0 spiro atoms. The molecule has 1 aliphatic rings. The molecule has 130 valence electrons. The first-order valence-corrected chi connectivity index (χ1v) is 8.86. The van der Waals surface area contributed by atoms with Crippen molar-refractivity contribution in [2.45, 2.75) is 44.7 Å². The molecule has 1 fully saturated rings. The van der Waals surface area contributed by atoms with Gasteiger partial charge in [0, 0.05) is 11.6 Å². The van der Waals surface area contributed by atoms with Crippen molar-refractivity contribution in [1.82, 2.24) is 10.6 Å². The Morgan fingerprint density at radius 1 is 0.960 bits per heavy atom. The Morgan fingerprint density at radius 3 is 2.24 bits per heavy atom. The van der Waals surface area contributed by atoms with Crippen molar-refractivity contribution in [2.75, 3.05) is 0 Å². The average molecular weight is 336 g/mol. The van der Waals surface area contributed by atoms with Crippen LogP contribution in [0.15, 0.2) is 54.6 Å². The minimum atomic E-state index is -0.685. The van der Waals surface area contributed by atoms with Gasteiger partial charge in [0.05, 0.1) is 0 Å². The molecule has 1 unspecified atom stereocenters. The number of aryl methyl sites for hydroxylation is 1. The van der Waals surface area contributed by atoms with Crippen LogP contribution >= 0.6 is 0 Å². The quantitative estimate of drug-likeness (QED) is 0.877. The van der Waals surface area contributed by atoms with Gasteiger partial charge in [-0.3, -0.25) is 9.59 Å². The summed E-state index contributed by atoms with van der Waals surface area (Å²) in [6.07, 6.45) is 4.33. The van der Waals surface area contributed by atoms with Crippen LogP contribution in [-0.4, -0.2) is 17.9 Å². The lowest BCUT2D eigenvalue weighted by Crippen LogP contribution is -2.43. The molecular weight excluding hydrogens is 312 g/mol. The predicted molar refractivity (Wildman–Crippen MR) is 98.2 cm³/mol. The summed E-state index contributed by atoms with van der Waals surface area (Å²) in [4.78, 5) is 25.4. The average Bonchev–Trinajstić information content (AvgIpc) is 3.13. The van der Waals surface area contributed by atoms with Crippen LogP contribution in [0.4, 0.5) is 0 Å². The minimum Gasteiger partial charge on any atom is -0.351 e. The highest BCUT2D eigenvalue weighted by Crippen LogP contribution is 2.20. The number of carbonyl (C=O) groups excluding carboxylic acids is 2. The van der Waals surface area contributed by atoms with Crippen molar-refractivity contribution in [3.05, 3.63) is 71.3 Å². The summed E-state index contributed by atoms with van der Waals surface area (Å²) in [5.74, 6) is -0.381. The van der Waals surface area contributed by atoms with Crippen molar-refractivity contribution < 1.29 is 9.59 Å². The lowest BCUT2D eigenvalue weighted by atomic mass is 10.0. The van der Waals surface area contributed by atoms with Crippen LogP contribution in [0.5, 0.6) is 0 Å². The zero-order valence-electron chi connectivity index (χ0n) is 14.5. The number of benzene rings is 2. The van der Waals surface area contributed by atoms with Gasteiger partial charge in [-0.05, 0) is 37.5 Å². The van der Waals surface area contributed by atoms with Crippen LogP contribution in [0.1, 0.15) is 53.2 Å². The van der Waals surface area contributed by atoms with E-state index >= 15 is 0 Å². The van der Waals surface area contributed by atoms with E-state index in [9.17, 15) is 9.59 Å². The fraction of sp³-hybridized carbons (Fsp3) is 0.333. The van der Waals surface area contributed by atoms with Gasteiger partial charge >= 0.3 is 0 Å². The van der Waals surface area contributed by atoms with Crippen molar-refractivity contribution in [3.8, 4) is 0 Å². The normalized spacial score (nSPS) is 15.6. The first-order chi connectivity index (χ1) is 12.1. The van der Waals surface area contributed by atoms with E-state index in [0.717, 1.165) is 36.8 Å². The van der Waals surface area contributed by atoms with Gasteiger partial charge in [0.1, 0.15) is 6.04 Å². The smallest absolute Gasteiger partial charge is 0.252 e. The number of rotatable bonds is 5. The standard InChI is InChI=1S/C21H24N2O2/c1-15-11-13-17(14-12-15)20(24)23-19(16-7-3-2-4-8-16)21(25)22-18-9-5-6-10-18/h2-4,7-8,11-14,18-19H,5-6,9-10H2,1H3,(H,22,25)(H,23,24). The van der Waals surface area contributed by atoms with Crippen LogP contribution in [0.2, 0.25) is 0 Å². The Labute approximate surface area is 148 Å². The van der Waals surface area contributed by atoms with E-state index < -0.39 is 6.04 Å². The SMILES string of the molecule is Cc1ccc(C(=O)NC(C(=O)NC2CCCC2)c2ccccc2)cc1. The first kappa shape index (κ1) is 17.2. The molecule has 4 nitrogen and oxygen atoms in total. The Morgan fingerprint density at radius 2 is 1.60 bits per heavy atom. The molecule has 2 aromatic rings. The Bertz CT molecular complexity index is 719. The lowest BCUT2D eigenvalue weighted by Gasteiger charge is -2.21. The second-order valence-electron chi connectivity index (χ2n) is 6.67. The second kappa shape index (κ2) is 7.97. The molecule has 0 bridgehead atoms. The number of nitrogens with one attached hydrogen (secondary N) is 2. The number of carbonyl (C=O) groups is 2. The van der Waals surface area contributed by atoms with E-state index in [1.54, 1.807) is 12.1 Å². The number of amides is 2. The summed E-state index contributed by atoms with van der Waals surface area (Å²) in [5.41, 5.74) is 2.44. The predicted octanol–water partition coefficient (Wildman–Crippen LogP) is 3.52. The largest absolute Gasteiger partial charge is 0.351 e. The summed E-state index contributed by atoms with van der Waals surface area (Å²) >= 11 is 0. The highest BCUT2D eigenvalue weighted by atomic mass is 16.2. The van der Waals surface area contributed by atoms with E-state index in [1.165, 1.54) is 0 Å². The van der Waals surface area contributed by atoms with Gasteiger partial charge in [0.2, 0.25) is 5.91 Å². The van der Waals surface area contributed by atoms with Crippen molar-refractivity contribution in [1.29, 1.82) is 0 Å². The number of hydrogen-bond donors (Lipinski definition) is 2. The van der Waals surface area contributed by atoms with Gasteiger partial charge in [0.15, 0.2) is 0 Å². The summed E-state index contributed by atoms with van der Waals surface area (Å²) < 4.78 is 0. The Hall–Kier alpha value is -2.62. The van der Waals surface area contributed by atoms with Gasteiger partial charge in [-0.2, -0.15) is 0 Å². The molecule has 1 atom stereocenters.